The summed E-state index contributed by atoms with van der Waals surface area (Å²) in [6, 6.07) is 0.0548. The molecule has 16 heavy (non-hydrogen) atoms. The second-order valence-electron chi connectivity index (χ2n) is 3.88. The molecule has 4 N–H and O–H groups in total. The smallest absolute Gasteiger partial charge is 0.230 e. The number of nitrogens with one attached hydrogen (secondary N) is 1. The monoisotopic (exact) mass is 247 g/mol. The molecule has 0 aromatic rings. The van der Waals surface area contributed by atoms with E-state index in [9.17, 15) is 9.00 Å². The van der Waals surface area contributed by atoms with Crippen LogP contribution in [0.3, 0.4) is 0 Å². The second-order valence-corrected chi connectivity index (χ2v) is 5.57. The number of hydrogen-bond donors (Lipinski definition) is 3. The molecule has 92 valence electrons. The summed E-state index contributed by atoms with van der Waals surface area (Å²) in [6.07, 6.45) is 1.45. The van der Waals surface area contributed by atoms with Crippen LogP contribution in [0.25, 0.3) is 0 Å². The third-order valence-corrected chi connectivity index (χ3v) is 4.07. The van der Waals surface area contributed by atoms with Crippen LogP contribution in [-0.2, 0) is 15.6 Å². The van der Waals surface area contributed by atoms with Crippen LogP contribution in [0.4, 0.5) is 0 Å². The highest BCUT2D eigenvalue weighted by Crippen LogP contribution is 2.10. The lowest BCUT2D eigenvalue weighted by Crippen LogP contribution is -2.44. The van der Waals surface area contributed by atoms with E-state index in [-0.39, 0.29) is 17.8 Å². The van der Waals surface area contributed by atoms with E-state index < -0.39 is 16.7 Å². The minimum Gasteiger partial charge on any atom is -0.409 e. The molecule has 1 rings (SSSR count). The van der Waals surface area contributed by atoms with Gasteiger partial charge in [0.2, 0.25) is 5.91 Å². The molecule has 1 amide bonds. The molecule has 1 unspecified atom stereocenters. The first kappa shape index (κ1) is 13.0. The van der Waals surface area contributed by atoms with E-state index in [2.05, 4.69) is 10.5 Å². The van der Waals surface area contributed by atoms with Crippen LogP contribution in [0, 0.1) is 5.92 Å². The minimum atomic E-state index is -0.737. The van der Waals surface area contributed by atoms with Crippen LogP contribution in [0.2, 0.25) is 0 Å². The number of amidine groups is 1. The van der Waals surface area contributed by atoms with Crippen molar-refractivity contribution in [2.75, 3.05) is 11.5 Å². The largest absolute Gasteiger partial charge is 0.409 e. The highest BCUT2D eigenvalue weighted by atomic mass is 32.2. The van der Waals surface area contributed by atoms with Crippen molar-refractivity contribution >= 4 is 22.5 Å². The van der Waals surface area contributed by atoms with Crippen LogP contribution in [0.1, 0.15) is 19.8 Å². The van der Waals surface area contributed by atoms with Crippen molar-refractivity contribution in [2.24, 2.45) is 16.8 Å². The third-order valence-electron chi connectivity index (χ3n) is 2.69. The number of amides is 1. The Morgan fingerprint density at radius 1 is 1.56 bits per heavy atom. The molecule has 1 atom stereocenters. The number of nitrogens with two attached hydrogens (primary N) is 1. The van der Waals surface area contributed by atoms with Gasteiger partial charge in [0.25, 0.3) is 0 Å². The average Bonchev–Trinajstić information content (AvgIpc) is 2.30. The Morgan fingerprint density at radius 2 is 2.12 bits per heavy atom. The molecule has 0 saturated carbocycles. The Kier molecular flexibility index (Phi) is 4.72. The average molecular weight is 247 g/mol. The molecular formula is C9H17N3O3S. The summed E-state index contributed by atoms with van der Waals surface area (Å²) in [6.45, 7) is 1.57. The van der Waals surface area contributed by atoms with Gasteiger partial charge < -0.3 is 16.3 Å². The van der Waals surface area contributed by atoms with Crippen LogP contribution in [0.15, 0.2) is 5.16 Å². The van der Waals surface area contributed by atoms with Crippen molar-refractivity contribution in [2.45, 2.75) is 25.8 Å². The second kappa shape index (κ2) is 5.83. The third kappa shape index (κ3) is 3.48. The fourth-order valence-corrected chi connectivity index (χ4v) is 2.78. The predicted molar refractivity (Wildman–Crippen MR) is 61.6 cm³/mol. The Morgan fingerprint density at radius 3 is 2.62 bits per heavy atom. The molecule has 1 saturated heterocycles. The topological polar surface area (TPSA) is 105 Å². The maximum atomic E-state index is 11.6. The summed E-state index contributed by atoms with van der Waals surface area (Å²) in [5.74, 6) is 0.258. The van der Waals surface area contributed by atoms with E-state index in [4.69, 9.17) is 10.9 Å². The summed E-state index contributed by atoms with van der Waals surface area (Å²) in [7, 11) is -0.737. The van der Waals surface area contributed by atoms with Crippen molar-refractivity contribution < 1.29 is 14.2 Å². The van der Waals surface area contributed by atoms with E-state index in [1.54, 1.807) is 6.92 Å². The van der Waals surface area contributed by atoms with Crippen LogP contribution in [0.5, 0.6) is 0 Å². The number of nitrogens with zero attached hydrogens (tertiary/aromatic N) is 1. The molecule has 1 aliphatic rings. The van der Waals surface area contributed by atoms with Gasteiger partial charge in [-0.3, -0.25) is 9.00 Å². The van der Waals surface area contributed by atoms with Crippen molar-refractivity contribution in [1.29, 1.82) is 0 Å². The maximum absolute atomic E-state index is 11.6. The van der Waals surface area contributed by atoms with Gasteiger partial charge in [0.15, 0.2) is 5.84 Å². The molecule has 1 heterocycles. The van der Waals surface area contributed by atoms with Gasteiger partial charge in [-0.2, -0.15) is 0 Å². The summed E-state index contributed by atoms with van der Waals surface area (Å²) < 4.78 is 11.1. The molecular weight excluding hydrogens is 230 g/mol. The number of oxime groups is 1. The van der Waals surface area contributed by atoms with Crippen LogP contribution in [-0.4, -0.2) is 38.7 Å². The highest BCUT2D eigenvalue weighted by molar-refractivity contribution is 7.85. The Hall–Kier alpha value is -1.11. The molecule has 0 bridgehead atoms. The molecule has 0 aromatic carbocycles. The molecule has 0 spiro atoms. The summed E-state index contributed by atoms with van der Waals surface area (Å²) in [5, 5.41) is 14.0. The van der Waals surface area contributed by atoms with Crippen molar-refractivity contribution in [3.05, 3.63) is 0 Å². The number of hydrogen-bond acceptors (Lipinski definition) is 4. The molecule has 0 aromatic heterocycles. The zero-order chi connectivity index (χ0) is 12.1. The van der Waals surface area contributed by atoms with Gasteiger partial charge >= 0.3 is 0 Å². The zero-order valence-electron chi connectivity index (χ0n) is 9.18. The fourth-order valence-electron chi connectivity index (χ4n) is 1.49. The molecule has 0 radical (unpaired) electrons. The molecule has 1 aliphatic heterocycles. The first-order chi connectivity index (χ1) is 7.54. The predicted octanol–water partition coefficient (Wildman–Crippen LogP) is -0.604. The van der Waals surface area contributed by atoms with Crippen molar-refractivity contribution in [3.63, 3.8) is 0 Å². The summed E-state index contributed by atoms with van der Waals surface area (Å²) in [4.78, 5) is 11.6. The first-order valence-corrected chi connectivity index (χ1v) is 6.66. The molecule has 7 heteroatoms. The fraction of sp³-hybridized carbons (Fsp3) is 0.778. The first-order valence-electron chi connectivity index (χ1n) is 5.17. The quantitative estimate of drug-likeness (QED) is 0.268. The van der Waals surface area contributed by atoms with E-state index in [0.717, 1.165) is 12.8 Å². The van der Waals surface area contributed by atoms with Crippen molar-refractivity contribution in [1.82, 2.24) is 5.32 Å². The van der Waals surface area contributed by atoms with Crippen LogP contribution < -0.4 is 11.1 Å². The molecule has 6 nitrogen and oxygen atoms in total. The maximum Gasteiger partial charge on any atom is 0.230 e. The standard InChI is InChI=1S/C9H17N3O3S/c1-6(8(10)12-14)9(13)11-7-2-4-16(15)5-3-7/h6-7,14H,2-5H2,1H3,(H2,10,12)(H,11,13). The van der Waals surface area contributed by atoms with Gasteiger partial charge in [-0.15, -0.1) is 0 Å². The zero-order valence-corrected chi connectivity index (χ0v) is 10.00. The van der Waals surface area contributed by atoms with Gasteiger partial charge in [-0.1, -0.05) is 5.16 Å². The van der Waals surface area contributed by atoms with E-state index in [0.29, 0.717) is 11.5 Å². The number of rotatable bonds is 3. The van der Waals surface area contributed by atoms with E-state index in [1.807, 2.05) is 0 Å². The normalized spacial score (nSPS) is 28.4. The Balaban J connectivity index is 2.42. The lowest BCUT2D eigenvalue weighted by molar-refractivity contribution is -0.123. The lowest BCUT2D eigenvalue weighted by Gasteiger charge is -2.23. The van der Waals surface area contributed by atoms with E-state index >= 15 is 0 Å². The van der Waals surface area contributed by atoms with Gasteiger partial charge in [0.05, 0.1) is 5.92 Å². The van der Waals surface area contributed by atoms with Crippen LogP contribution >= 0.6 is 0 Å². The molecule has 1 fully saturated rings. The Labute approximate surface area is 96.7 Å². The number of carbonyl (C=O) groups excluding carboxylic acids is 1. The Bertz CT molecular complexity index is 309. The van der Waals surface area contributed by atoms with Gasteiger partial charge in [0, 0.05) is 28.3 Å². The number of carbonyl (C=O) groups is 1. The van der Waals surface area contributed by atoms with Gasteiger partial charge in [-0.05, 0) is 19.8 Å². The summed E-state index contributed by atoms with van der Waals surface area (Å²) in [5.41, 5.74) is 5.34. The minimum absolute atomic E-state index is 0.0548. The van der Waals surface area contributed by atoms with Crippen molar-refractivity contribution in [3.8, 4) is 0 Å². The summed E-state index contributed by atoms with van der Waals surface area (Å²) >= 11 is 0. The van der Waals surface area contributed by atoms with Gasteiger partial charge in [0.1, 0.15) is 0 Å². The SMILES string of the molecule is CC(C(=O)NC1CCS(=O)CC1)C(N)=NO. The van der Waals surface area contributed by atoms with Gasteiger partial charge in [-0.25, -0.2) is 0 Å². The lowest BCUT2D eigenvalue weighted by atomic mass is 10.1. The van der Waals surface area contributed by atoms with E-state index in [1.165, 1.54) is 0 Å². The highest BCUT2D eigenvalue weighted by Gasteiger charge is 2.23. The molecule has 0 aliphatic carbocycles.